The Hall–Kier alpha value is -2.95. The Morgan fingerprint density at radius 2 is 2.00 bits per heavy atom. The SMILES string of the molecule is COc1cc2c(cc1C)C1C(=O)c3ccc4c(c3OC1CO2)C=CC(C)(C)O4. The molecule has 0 saturated heterocycles. The van der Waals surface area contributed by atoms with Crippen LogP contribution < -0.4 is 18.9 Å². The minimum atomic E-state index is -0.385. The second-order valence-electron chi connectivity index (χ2n) is 8.06. The molecule has 5 nitrogen and oxygen atoms in total. The van der Waals surface area contributed by atoms with Gasteiger partial charge < -0.3 is 18.9 Å². The number of methoxy groups -OCH3 is 1. The van der Waals surface area contributed by atoms with Crippen LogP contribution >= 0.6 is 0 Å². The summed E-state index contributed by atoms with van der Waals surface area (Å²) in [7, 11) is 1.63. The van der Waals surface area contributed by atoms with Crippen LogP contribution in [0, 0.1) is 6.92 Å². The molecule has 144 valence electrons. The first-order valence-corrected chi connectivity index (χ1v) is 9.45. The summed E-state index contributed by atoms with van der Waals surface area (Å²) in [5, 5.41) is 0. The van der Waals surface area contributed by atoms with Gasteiger partial charge in [-0.25, -0.2) is 0 Å². The predicted octanol–water partition coefficient (Wildman–Crippen LogP) is 4.31. The first-order valence-electron chi connectivity index (χ1n) is 9.45. The highest BCUT2D eigenvalue weighted by atomic mass is 16.5. The molecule has 2 atom stereocenters. The molecule has 2 aromatic rings. The molecular weight excluding hydrogens is 356 g/mol. The fourth-order valence-electron chi connectivity index (χ4n) is 4.23. The Kier molecular flexibility index (Phi) is 3.54. The Balaban J connectivity index is 1.61. The lowest BCUT2D eigenvalue weighted by Crippen LogP contribution is -2.43. The molecule has 0 radical (unpaired) electrons. The van der Waals surface area contributed by atoms with Gasteiger partial charge in [0.05, 0.1) is 24.2 Å². The summed E-state index contributed by atoms with van der Waals surface area (Å²) in [4.78, 5) is 13.5. The van der Waals surface area contributed by atoms with Crippen LogP contribution in [0.1, 0.15) is 46.8 Å². The van der Waals surface area contributed by atoms with Crippen LogP contribution in [0.25, 0.3) is 6.08 Å². The lowest BCUT2D eigenvalue weighted by Gasteiger charge is -2.38. The third kappa shape index (κ3) is 2.42. The quantitative estimate of drug-likeness (QED) is 0.740. The Morgan fingerprint density at radius 1 is 1.18 bits per heavy atom. The Labute approximate surface area is 163 Å². The van der Waals surface area contributed by atoms with E-state index in [1.807, 2.05) is 57.2 Å². The van der Waals surface area contributed by atoms with E-state index in [2.05, 4.69) is 0 Å². The highest BCUT2D eigenvalue weighted by molar-refractivity contribution is 6.06. The van der Waals surface area contributed by atoms with Crippen molar-refractivity contribution >= 4 is 11.9 Å². The molecule has 0 spiro atoms. The van der Waals surface area contributed by atoms with Crippen molar-refractivity contribution in [3.8, 4) is 23.0 Å². The van der Waals surface area contributed by atoms with E-state index < -0.39 is 0 Å². The average Bonchev–Trinajstić information content (AvgIpc) is 2.66. The Morgan fingerprint density at radius 3 is 2.79 bits per heavy atom. The van der Waals surface area contributed by atoms with E-state index in [9.17, 15) is 4.79 Å². The van der Waals surface area contributed by atoms with Gasteiger partial charge in [-0.1, -0.05) is 0 Å². The number of ketones is 1. The van der Waals surface area contributed by atoms with Gasteiger partial charge in [-0.05, 0) is 56.7 Å². The largest absolute Gasteiger partial charge is 0.496 e. The zero-order valence-corrected chi connectivity index (χ0v) is 16.4. The topological polar surface area (TPSA) is 54.0 Å². The van der Waals surface area contributed by atoms with Crippen molar-refractivity contribution in [2.75, 3.05) is 13.7 Å². The average molecular weight is 378 g/mol. The van der Waals surface area contributed by atoms with Crippen LogP contribution in [0.5, 0.6) is 23.0 Å². The maximum atomic E-state index is 13.5. The standard InChI is InChI=1S/C23H22O5/c1-12-9-15-18(10-17(12)25-4)26-11-19-20(15)21(24)14-5-6-16-13(22(14)27-19)7-8-23(2,3)28-16/h5-10,19-20H,11H2,1-4H3. The molecule has 3 aliphatic rings. The first kappa shape index (κ1) is 17.2. The van der Waals surface area contributed by atoms with E-state index in [4.69, 9.17) is 18.9 Å². The fourth-order valence-corrected chi connectivity index (χ4v) is 4.23. The van der Waals surface area contributed by atoms with Gasteiger partial charge in [0.15, 0.2) is 5.78 Å². The molecule has 0 aliphatic carbocycles. The summed E-state index contributed by atoms with van der Waals surface area (Å²) in [6.07, 6.45) is 3.60. The van der Waals surface area contributed by atoms with E-state index in [0.717, 1.165) is 28.2 Å². The van der Waals surface area contributed by atoms with E-state index in [1.54, 1.807) is 7.11 Å². The van der Waals surface area contributed by atoms with Crippen LogP contribution in [-0.2, 0) is 0 Å². The molecule has 0 fully saturated rings. The third-order valence-corrected chi connectivity index (χ3v) is 5.63. The maximum Gasteiger partial charge on any atom is 0.178 e. The number of carbonyl (C=O) groups is 1. The Bertz CT molecular complexity index is 1030. The summed E-state index contributed by atoms with van der Waals surface area (Å²) in [6, 6.07) is 7.50. The highest BCUT2D eigenvalue weighted by Crippen LogP contribution is 2.48. The molecule has 0 N–H and O–H groups in total. The van der Waals surface area contributed by atoms with Gasteiger partial charge in [0.1, 0.15) is 41.3 Å². The van der Waals surface area contributed by atoms with Crippen molar-refractivity contribution in [3.05, 3.63) is 52.6 Å². The smallest absolute Gasteiger partial charge is 0.178 e. The third-order valence-electron chi connectivity index (χ3n) is 5.63. The van der Waals surface area contributed by atoms with Gasteiger partial charge in [-0.3, -0.25) is 4.79 Å². The van der Waals surface area contributed by atoms with Gasteiger partial charge in [-0.15, -0.1) is 0 Å². The lowest BCUT2D eigenvalue weighted by atomic mass is 9.80. The molecule has 28 heavy (non-hydrogen) atoms. The van der Waals surface area contributed by atoms with Crippen LogP contribution in [0.4, 0.5) is 0 Å². The van der Waals surface area contributed by atoms with E-state index in [0.29, 0.717) is 23.7 Å². The van der Waals surface area contributed by atoms with Crippen LogP contribution in [-0.4, -0.2) is 31.2 Å². The van der Waals surface area contributed by atoms with Crippen molar-refractivity contribution in [1.29, 1.82) is 0 Å². The first-order chi connectivity index (χ1) is 13.4. The van der Waals surface area contributed by atoms with Crippen LogP contribution in [0.3, 0.4) is 0 Å². The van der Waals surface area contributed by atoms with Gasteiger partial charge in [-0.2, -0.15) is 0 Å². The number of benzene rings is 2. The van der Waals surface area contributed by atoms with Crippen LogP contribution in [0.2, 0.25) is 0 Å². The predicted molar refractivity (Wildman–Crippen MR) is 105 cm³/mol. The summed E-state index contributed by atoms with van der Waals surface area (Å²) < 4.78 is 23.7. The number of carbonyl (C=O) groups excluding carboxylic acids is 1. The monoisotopic (exact) mass is 378 g/mol. The molecule has 0 saturated carbocycles. The molecule has 3 heterocycles. The highest BCUT2D eigenvalue weighted by Gasteiger charge is 2.44. The van der Waals surface area contributed by atoms with Crippen molar-refractivity contribution < 1.29 is 23.7 Å². The zero-order chi connectivity index (χ0) is 19.6. The molecule has 3 aliphatic heterocycles. The molecule has 0 amide bonds. The van der Waals surface area contributed by atoms with Crippen LogP contribution in [0.15, 0.2) is 30.3 Å². The van der Waals surface area contributed by atoms with Crippen molar-refractivity contribution in [2.24, 2.45) is 0 Å². The number of fused-ring (bicyclic) bond motifs is 6. The summed E-state index contributed by atoms with van der Waals surface area (Å²) in [5.41, 5.74) is 2.85. The summed E-state index contributed by atoms with van der Waals surface area (Å²) in [5.74, 6) is 2.43. The second kappa shape index (κ2) is 5.77. The molecule has 2 unspecified atom stereocenters. The molecule has 0 bridgehead atoms. The zero-order valence-electron chi connectivity index (χ0n) is 16.4. The number of rotatable bonds is 1. The van der Waals surface area contributed by atoms with E-state index in [1.165, 1.54) is 0 Å². The van der Waals surface area contributed by atoms with Gasteiger partial charge in [0.25, 0.3) is 0 Å². The number of ether oxygens (including phenoxy) is 4. The van der Waals surface area contributed by atoms with Crippen molar-refractivity contribution in [2.45, 2.75) is 38.4 Å². The minimum absolute atomic E-state index is 0.0569. The molecule has 5 rings (SSSR count). The number of hydrogen-bond acceptors (Lipinski definition) is 5. The lowest BCUT2D eigenvalue weighted by molar-refractivity contribution is 0.0553. The maximum absolute atomic E-state index is 13.5. The molecule has 5 heteroatoms. The fraction of sp³-hybridized carbons (Fsp3) is 0.348. The normalized spacial score (nSPS) is 23.2. The van der Waals surface area contributed by atoms with Crippen molar-refractivity contribution in [3.63, 3.8) is 0 Å². The molecule has 2 aromatic carbocycles. The van der Waals surface area contributed by atoms with Gasteiger partial charge >= 0.3 is 0 Å². The number of Topliss-reactive ketones (excluding diaryl/α,β-unsaturated/α-hetero) is 1. The van der Waals surface area contributed by atoms with E-state index >= 15 is 0 Å². The summed E-state index contributed by atoms with van der Waals surface area (Å²) >= 11 is 0. The van der Waals surface area contributed by atoms with Crippen molar-refractivity contribution in [1.82, 2.24) is 0 Å². The summed E-state index contributed by atoms with van der Waals surface area (Å²) in [6.45, 7) is 6.27. The van der Waals surface area contributed by atoms with Gasteiger partial charge in [0, 0.05) is 11.6 Å². The van der Waals surface area contributed by atoms with Gasteiger partial charge in [0.2, 0.25) is 0 Å². The minimum Gasteiger partial charge on any atom is -0.496 e. The molecule has 0 aromatic heterocycles. The second-order valence-corrected chi connectivity index (χ2v) is 8.06. The number of aryl methyl sites for hydroxylation is 1. The van der Waals surface area contributed by atoms with E-state index in [-0.39, 0.29) is 23.4 Å². The number of hydrogen-bond donors (Lipinski definition) is 0. The molecular formula is C23H22O5.